The minimum Gasteiger partial charge on any atom is -0.377 e. The van der Waals surface area contributed by atoms with Gasteiger partial charge in [-0.15, -0.1) is 0 Å². The Balaban J connectivity index is 1.67. The molecule has 0 radical (unpaired) electrons. The number of benzene rings is 1. The number of nitrogens with zero attached hydrogens (tertiary/aromatic N) is 1. The van der Waals surface area contributed by atoms with Gasteiger partial charge >= 0.3 is 0 Å². The van der Waals surface area contributed by atoms with Crippen molar-refractivity contribution in [3.63, 3.8) is 0 Å². The summed E-state index contributed by atoms with van der Waals surface area (Å²) in [5.74, 6) is 0.145. The Morgan fingerprint density at radius 1 is 1.14 bits per heavy atom. The quantitative estimate of drug-likeness (QED) is 0.884. The zero-order valence-corrected chi connectivity index (χ0v) is 12.5. The molecule has 1 amide bonds. The Bertz CT molecular complexity index is 508. The highest BCUT2D eigenvalue weighted by Crippen LogP contribution is 2.21. The van der Waals surface area contributed by atoms with Gasteiger partial charge in [0, 0.05) is 33.9 Å². The third-order valence-corrected chi connectivity index (χ3v) is 4.51. The van der Waals surface area contributed by atoms with E-state index in [2.05, 4.69) is 17.4 Å². The molecule has 2 heterocycles. The van der Waals surface area contributed by atoms with Gasteiger partial charge in [0.15, 0.2) is 0 Å². The summed E-state index contributed by atoms with van der Waals surface area (Å²) in [7, 11) is 3.33. The predicted octanol–water partition coefficient (Wildman–Crippen LogP) is 0.573. The lowest BCUT2D eigenvalue weighted by atomic mass is 9.95. The highest BCUT2D eigenvalue weighted by molar-refractivity contribution is 5.83. The monoisotopic (exact) mass is 290 g/mol. The molecule has 5 heteroatoms. The fraction of sp³-hybridized carbons (Fsp3) is 0.562. The molecule has 1 saturated heterocycles. The molecule has 5 nitrogen and oxygen atoms in total. The zero-order chi connectivity index (χ0) is 14.8. The summed E-state index contributed by atoms with van der Waals surface area (Å²) in [6.07, 6.45) is 0.686. The van der Waals surface area contributed by atoms with Gasteiger partial charge in [-0.05, 0) is 17.5 Å². The number of ether oxygens (including phenoxy) is 2. The number of likely N-dealkylation sites (tertiary alicyclic amines) is 1. The van der Waals surface area contributed by atoms with Crippen molar-refractivity contribution >= 4 is 5.91 Å². The molecule has 2 unspecified atom stereocenters. The van der Waals surface area contributed by atoms with Crippen LogP contribution in [0, 0.1) is 0 Å². The number of nitrogens with one attached hydrogen (secondary N) is 1. The average Bonchev–Trinajstić information content (AvgIpc) is 2.97. The van der Waals surface area contributed by atoms with Crippen molar-refractivity contribution < 1.29 is 14.3 Å². The molecule has 0 aromatic heterocycles. The second kappa shape index (κ2) is 6.13. The molecule has 0 aliphatic carbocycles. The minimum atomic E-state index is -0.145. The maximum Gasteiger partial charge on any atom is 0.240 e. The number of rotatable bonds is 3. The van der Waals surface area contributed by atoms with Crippen LogP contribution in [-0.4, -0.2) is 56.4 Å². The van der Waals surface area contributed by atoms with E-state index >= 15 is 0 Å². The Morgan fingerprint density at radius 3 is 2.38 bits per heavy atom. The lowest BCUT2D eigenvalue weighted by Crippen LogP contribution is -2.49. The number of methoxy groups -OCH3 is 2. The number of fused-ring (bicyclic) bond motifs is 1. The molecule has 114 valence electrons. The van der Waals surface area contributed by atoms with Crippen LogP contribution in [-0.2, 0) is 27.2 Å². The van der Waals surface area contributed by atoms with Gasteiger partial charge in [-0.3, -0.25) is 4.79 Å². The van der Waals surface area contributed by atoms with E-state index in [9.17, 15) is 4.79 Å². The SMILES string of the molecule is COC1CN(C(=O)[C@@H]2Cc3ccccc3CN2)CC1OC. The molecule has 0 saturated carbocycles. The zero-order valence-electron chi connectivity index (χ0n) is 12.5. The Labute approximate surface area is 125 Å². The molecule has 1 fully saturated rings. The normalized spacial score (nSPS) is 28.5. The van der Waals surface area contributed by atoms with Crippen molar-refractivity contribution in [2.75, 3.05) is 27.3 Å². The lowest BCUT2D eigenvalue weighted by molar-refractivity contribution is -0.133. The Hall–Kier alpha value is -1.43. The molecule has 0 spiro atoms. The molecule has 1 aromatic carbocycles. The van der Waals surface area contributed by atoms with Crippen LogP contribution >= 0.6 is 0 Å². The number of carbonyl (C=O) groups is 1. The number of hydrogen-bond donors (Lipinski definition) is 1. The maximum absolute atomic E-state index is 12.7. The lowest BCUT2D eigenvalue weighted by Gasteiger charge is -2.28. The van der Waals surface area contributed by atoms with Gasteiger partial charge in [-0.1, -0.05) is 24.3 Å². The summed E-state index contributed by atoms with van der Waals surface area (Å²) in [6.45, 7) is 1.96. The first kappa shape index (κ1) is 14.5. The van der Waals surface area contributed by atoms with Crippen LogP contribution in [0.3, 0.4) is 0 Å². The Kier molecular flexibility index (Phi) is 4.24. The van der Waals surface area contributed by atoms with E-state index in [0.29, 0.717) is 13.1 Å². The van der Waals surface area contributed by atoms with E-state index in [4.69, 9.17) is 9.47 Å². The second-order valence-electron chi connectivity index (χ2n) is 5.70. The van der Waals surface area contributed by atoms with Gasteiger partial charge in [-0.2, -0.15) is 0 Å². The first-order valence-electron chi connectivity index (χ1n) is 7.37. The van der Waals surface area contributed by atoms with Gasteiger partial charge in [0.25, 0.3) is 0 Å². The van der Waals surface area contributed by atoms with E-state index in [1.165, 1.54) is 11.1 Å². The first-order valence-corrected chi connectivity index (χ1v) is 7.37. The van der Waals surface area contributed by atoms with Crippen LogP contribution in [0.15, 0.2) is 24.3 Å². The largest absolute Gasteiger partial charge is 0.377 e. The number of hydrogen-bond acceptors (Lipinski definition) is 4. The van der Waals surface area contributed by atoms with Crippen molar-refractivity contribution in [1.82, 2.24) is 10.2 Å². The molecule has 3 rings (SSSR count). The van der Waals surface area contributed by atoms with Crippen LogP contribution in [0.25, 0.3) is 0 Å². The highest BCUT2D eigenvalue weighted by Gasteiger charge is 2.38. The van der Waals surface area contributed by atoms with E-state index < -0.39 is 0 Å². The summed E-state index contributed by atoms with van der Waals surface area (Å²) < 4.78 is 10.8. The molecular weight excluding hydrogens is 268 g/mol. The van der Waals surface area contributed by atoms with Crippen molar-refractivity contribution in [2.24, 2.45) is 0 Å². The van der Waals surface area contributed by atoms with E-state index in [1.54, 1.807) is 14.2 Å². The van der Waals surface area contributed by atoms with Gasteiger partial charge < -0.3 is 19.7 Å². The second-order valence-corrected chi connectivity index (χ2v) is 5.70. The van der Waals surface area contributed by atoms with Gasteiger partial charge in [0.05, 0.1) is 6.04 Å². The molecule has 2 aliphatic rings. The minimum absolute atomic E-state index is 0.0326. The van der Waals surface area contributed by atoms with Gasteiger partial charge in [0.1, 0.15) is 12.2 Å². The third-order valence-electron chi connectivity index (χ3n) is 4.51. The molecule has 21 heavy (non-hydrogen) atoms. The molecule has 0 bridgehead atoms. The smallest absolute Gasteiger partial charge is 0.240 e. The summed E-state index contributed by atoms with van der Waals surface area (Å²) in [4.78, 5) is 14.5. The number of carbonyl (C=O) groups excluding carboxylic acids is 1. The Morgan fingerprint density at radius 2 is 1.76 bits per heavy atom. The molecule has 1 N–H and O–H groups in total. The van der Waals surface area contributed by atoms with E-state index in [0.717, 1.165) is 13.0 Å². The summed E-state index contributed by atoms with van der Waals surface area (Å²) >= 11 is 0. The molecular formula is C16H22N2O3. The molecule has 2 aliphatic heterocycles. The fourth-order valence-corrected chi connectivity index (χ4v) is 3.23. The van der Waals surface area contributed by atoms with Crippen molar-refractivity contribution in [1.29, 1.82) is 0 Å². The molecule has 3 atom stereocenters. The van der Waals surface area contributed by atoms with Crippen LogP contribution < -0.4 is 5.32 Å². The topological polar surface area (TPSA) is 50.8 Å². The fourth-order valence-electron chi connectivity index (χ4n) is 3.23. The summed E-state index contributed by atoms with van der Waals surface area (Å²) in [6, 6.07) is 8.14. The van der Waals surface area contributed by atoms with E-state index in [-0.39, 0.29) is 24.2 Å². The third kappa shape index (κ3) is 2.81. The summed E-state index contributed by atoms with van der Waals surface area (Å²) in [5.41, 5.74) is 2.55. The molecule has 1 aromatic rings. The predicted molar refractivity (Wildman–Crippen MR) is 78.9 cm³/mol. The van der Waals surface area contributed by atoms with Crippen LogP contribution in [0.5, 0.6) is 0 Å². The van der Waals surface area contributed by atoms with Gasteiger partial charge in [0.2, 0.25) is 5.91 Å². The highest BCUT2D eigenvalue weighted by atomic mass is 16.5. The summed E-state index contributed by atoms with van der Waals surface area (Å²) in [5, 5.41) is 3.34. The number of amides is 1. The van der Waals surface area contributed by atoms with Gasteiger partial charge in [-0.25, -0.2) is 0 Å². The standard InChI is InChI=1S/C16H22N2O3/c1-20-14-9-18(10-15(14)21-2)16(19)13-7-11-5-3-4-6-12(11)8-17-13/h3-6,13-15,17H,7-10H2,1-2H3/t13-,14?,15?/m0/s1. The first-order chi connectivity index (χ1) is 10.2. The van der Waals surface area contributed by atoms with Crippen LogP contribution in [0.4, 0.5) is 0 Å². The van der Waals surface area contributed by atoms with Crippen LogP contribution in [0.2, 0.25) is 0 Å². The van der Waals surface area contributed by atoms with Crippen LogP contribution in [0.1, 0.15) is 11.1 Å². The van der Waals surface area contributed by atoms with Crippen molar-refractivity contribution in [2.45, 2.75) is 31.2 Å². The van der Waals surface area contributed by atoms with Crippen molar-refractivity contribution in [3.8, 4) is 0 Å². The van der Waals surface area contributed by atoms with E-state index in [1.807, 2.05) is 17.0 Å². The van der Waals surface area contributed by atoms with Crippen molar-refractivity contribution in [3.05, 3.63) is 35.4 Å². The maximum atomic E-state index is 12.7. The average molecular weight is 290 g/mol.